The van der Waals surface area contributed by atoms with Crippen molar-refractivity contribution in [3.63, 3.8) is 0 Å². The second kappa shape index (κ2) is 6.93. The first-order valence-electron chi connectivity index (χ1n) is 8.34. The topological polar surface area (TPSA) is 52.6 Å². The van der Waals surface area contributed by atoms with E-state index in [-0.39, 0.29) is 5.75 Å². The number of alkyl halides is 6. The maximum absolute atomic E-state index is 12.8. The van der Waals surface area contributed by atoms with Gasteiger partial charge in [-0.2, -0.15) is 34.8 Å². The summed E-state index contributed by atoms with van der Waals surface area (Å²) in [5, 5.41) is 0. The molecule has 0 aromatic heterocycles. The first-order chi connectivity index (χ1) is 13.6. The second-order valence-electron chi connectivity index (χ2n) is 6.98. The predicted octanol–water partition coefficient (Wildman–Crippen LogP) is 5.54. The van der Waals surface area contributed by atoms with Crippen LogP contribution >= 0.6 is 0 Å². The fourth-order valence-electron chi connectivity index (χ4n) is 2.85. The molecule has 30 heavy (non-hydrogen) atoms. The minimum absolute atomic E-state index is 0.0206. The van der Waals surface area contributed by atoms with Gasteiger partial charge in [-0.1, -0.05) is 12.1 Å². The van der Waals surface area contributed by atoms with Crippen LogP contribution in [0.2, 0.25) is 0 Å². The van der Waals surface area contributed by atoms with Gasteiger partial charge >= 0.3 is 21.8 Å². The Bertz CT molecular complexity index is 1100. The molecule has 11 heteroatoms. The Morgan fingerprint density at radius 2 is 1.53 bits per heavy atom. The highest BCUT2D eigenvalue weighted by Gasteiger charge is 2.48. The van der Waals surface area contributed by atoms with Gasteiger partial charge in [-0.05, 0) is 55.3 Å². The van der Waals surface area contributed by atoms with E-state index in [1.165, 1.54) is 18.2 Å². The summed E-state index contributed by atoms with van der Waals surface area (Å²) < 4.78 is 108. The Morgan fingerprint density at radius 1 is 0.933 bits per heavy atom. The molecule has 162 valence electrons. The van der Waals surface area contributed by atoms with Gasteiger partial charge in [-0.3, -0.25) is 0 Å². The molecule has 3 rings (SSSR count). The van der Waals surface area contributed by atoms with Crippen LogP contribution < -0.4 is 8.92 Å². The van der Waals surface area contributed by atoms with Gasteiger partial charge in [0.2, 0.25) is 0 Å². The number of benzene rings is 2. The zero-order valence-corrected chi connectivity index (χ0v) is 16.2. The smallest absolute Gasteiger partial charge is 0.483 e. The van der Waals surface area contributed by atoms with Crippen molar-refractivity contribution in [3.05, 3.63) is 65.2 Å². The summed E-state index contributed by atoms with van der Waals surface area (Å²) in [5.41, 5.74) is -6.18. The van der Waals surface area contributed by atoms with Gasteiger partial charge in [0, 0.05) is 11.6 Å². The Balaban J connectivity index is 2.02. The van der Waals surface area contributed by atoms with Gasteiger partial charge in [0.1, 0.15) is 17.1 Å². The Labute approximate surface area is 167 Å². The number of fused-ring (bicyclic) bond motifs is 1. The lowest BCUT2D eigenvalue weighted by Gasteiger charge is -2.31. The lowest BCUT2D eigenvalue weighted by atomic mass is 9.89. The molecule has 0 spiro atoms. The minimum Gasteiger partial charge on any atom is -0.483 e. The van der Waals surface area contributed by atoms with Gasteiger partial charge in [-0.25, -0.2) is 0 Å². The third-order valence-electron chi connectivity index (χ3n) is 4.12. The summed E-state index contributed by atoms with van der Waals surface area (Å²) in [5.74, 6) is -0.595. The molecule has 2 aromatic carbocycles. The van der Waals surface area contributed by atoms with E-state index in [0.29, 0.717) is 16.7 Å². The molecule has 4 nitrogen and oxygen atoms in total. The molecule has 0 N–H and O–H groups in total. The van der Waals surface area contributed by atoms with Gasteiger partial charge in [-0.15, -0.1) is 0 Å². The van der Waals surface area contributed by atoms with E-state index in [1.807, 2.05) is 0 Å². The number of hydrogen-bond acceptors (Lipinski definition) is 4. The molecule has 1 aliphatic rings. The summed E-state index contributed by atoms with van der Waals surface area (Å²) >= 11 is 0. The van der Waals surface area contributed by atoms with Crippen molar-refractivity contribution in [1.82, 2.24) is 0 Å². The SMILES string of the molecule is CC1(C)C=C(c2ccc(C(F)(F)F)cc2)c2ccc(OS(=O)(=O)C(F)(F)F)cc2O1. The summed E-state index contributed by atoms with van der Waals surface area (Å²) in [6.45, 7) is 3.25. The Morgan fingerprint density at radius 3 is 2.07 bits per heavy atom. The highest BCUT2D eigenvalue weighted by molar-refractivity contribution is 7.88. The van der Waals surface area contributed by atoms with E-state index in [0.717, 1.165) is 24.3 Å². The molecule has 0 atom stereocenters. The van der Waals surface area contributed by atoms with Crippen molar-refractivity contribution in [2.75, 3.05) is 0 Å². The fourth-order valence-corrected chi connectivity index (χ4v) is 3.30. The Kier molecular flexibility index (Phi) is 5.08. The molecule has 2 aromatic rings. The summed E-state index contributed by atoms with van der Waals surface area (Å²) in [6.07, 6.45) is -2.86. The minimum atomic E-state index is -5.87. The van der Waals surface area contributed by atoms with Gasteiger partial charge in [0.15, 0.2) is 0 Å². The van der Waals surface area contributed by atoms with Gasteiger partial charge < -0.3 is 8.92 Å². The highest BCUT2D eigenvalue weighted by atomic mass is 32.2. The molecule has 0 fully saturated rings. The van der Waals surface area contributed by atoms with Crippen LogP contribution in [0.25, 0.3) is 5.57 Å². The maximum Gasteiger partial charge on any atom is 0.534 e. The molecule has 0 amide bonds. The maximum atomic E-state index is 12.8. The average Bonchev–Trinajstić information content (AvgIpc) is 2.58. The molecular weight excluding hydrogens is 438 g/mol. The van der Waals surface area contributed by atoms with Crippen LogP contribution in [-0.2, 0) is 16.3 Å². The van der Waals surface area contributed by atoms with E-state index < -0.39 is 38.7 Å². The third-order valence-corrected chi connectivity index (χ3v) is 5.10. The molecule has 0 saturated carbocycles. The first kappa shape index (κ1) is 22.0. The van der Waals surface area contributed by atoms with E-state index in [9.17, 15) is 34.8 Å². The van der Waals surface area contributed by atoms with Crippen LogP contribution in [0.5, 0.6) is 11.5 Å². The number of ether oxygens (including phenoxy) is 1. The molecule has 0 radical (unpaired) electrons. The molecule has 0 bridgehead atoms. The van der Waals surface area contributed by atoms with E-state index in [4.69, 9.17) is 4.74 Å². The average molecular weight is 452 g/mol. The summed E-state index contributed by atoms with van der Waals surface area (Å²) in [7, 11) is -5.87. The quantitative estimate of drug-likeness (QED) is 0.349. The molecule has 0 unspecified atom stereocenters. The van der Waals surface area contributed by atoms with Crippen molar-refractivity contribution in [3.8, 4) is 11.5 Å². The van der Waals surface area contributed by atoms with Crippen LogP contribution in [0.15, 0.2) is 48.5 Å². The van der Waals surface area contributed by atoms with Gasteiger partial charge in [0.05, 0.1) is 5.56 Å². The first-order valence-corrected chi connectivity index (χ1v) is 9.75. The van der Waals surface area contributed by atoms with E-state index in [2.05, 4.69) is 4.18 Å². The zero-order chi connectivity index (χ0) is 22.5. The number of halogens is 6. The molecule has 1 aliphatic heterocycles. The molecule has 0 aliphatic carbocycles. The van der Waals surface area contributed by atoms with Crippen molar-refractivity contribution in [2.45, 2.75) is 31.1 Å². The summed E-state index contributed by atoms with van der Waals surface area (Å²) in [4.78, 5) is 0. The third kappa shape index (κ3) is 4.40. The molecule has 0 saturated heterocycles. The number of rotatable bonds is 3. The summed E-state index contributed by atoms with van der Waals surface area (Å²) in [6, 6.07) is 7.60. The van der Waals surface area contributed by atoms with Gasteiger partial charge in [0.25, 0.3) is 0 Å². The van der Waals surface area contributed by atoms with Crippen LogP contribution in [-0.4, -0.2) is 19.5 Å². The van der Waals surface area contributed by atoms with Crippen LogP contribution in [0, 0.1) is 0 Å². The van der Waals surface area contributed by atoms with Crippen LogP contribution in [0.1, 0.15) is 30.5 Å². The normalized spacial score (nSPS) is 16.3. The van der Waals surface area contributed by atoms with Crippen molar-refractivity contribution < 1.29 is 43.7 Å². The van der Waals surface area contributed by atoms with E-state index >= 15 is 0 Å². The standard InChI is InChI=1S/C19H14F6O4S/c1-17(2)10-15(11-3-5-12(6-4-11)18(20,21)22)14-8-7-13(9-16(14)28-17)29-30(26,27)19(23,24)25/h3-10H,1-2H3. The zero-order valence-electron chi connectivity index (χ0n) is 15.4. The second-order valence-corrected chi connectivity index (χ2v) is 8.52. The molecular formula is C19H14F6O4S. The predicted molar refractivity (Wildman–Crippen MR) is 95.3 cm³/mol. The van der Waals surface area contributed by atoms with Crippen molar-refractivity contribution >= 4 is 15.7 Å². The van der Waals surface area contributed by atoms with Crippen LogP contribution in [0.4, 0.5) is 26.3 Å². The van der Waals surface area contributed by atoms with E-state index in [1.54, 1.807) is 19.9 Å². The van der Waals surface area contributed by atoms with Crippen LogP contribution in [0.3, 0.4) is 0 Å². The monoisotopic (exact) mass is 452 g/mol. The molecule has 1 heterocycles. The fraction of sp³-hybridized carbons (Fsp3) is 0.263. The number of hydrogen-bond donors (Lipinski definition) is 0. The lowest BCUT2D eigenvalue weighted by Crippen LogP contribution is -2.30. The highest BCUT2D eigenvalue weighted by Crippen LogP contribution is 2.42. The lowest BCUT2D eigenvalue weighted by molar-refractivity contribution is -0.137. The largest absolute Gasteiger partial charge is 0.534 e. The van der Waals surface area contributed by atoms with Crippen molar-refractivity contribution in [2.24, 2.45) is 0 Å². The Hall–Kier alpha value is -2.69. The van der Waals surface area contributed by atoms with Crippen molar-refractivity contribution in [1.29, 1.82) is 0 Å².